The summed E-state index contributed by atoms with van der Waals surface area (Å²) in [7, 11) is 1.62. The number of hydrogen-bond donors (Lipinski definition) is 2. The SMILES string of the molecule is COc1ccc2ncc(Cl)c([C@@H](N)CC[C@@H]3CCN(CCSc4cccc(F)c4)C[C@H]3CC(=O)O)c2c1. The molecule has 1 aliphatic heterocycles. The van der Waals surface area contributed by atoms with Crippen molar-refractivity contribution in [3.05, 3.63) is 65.1 Å². The normalized spacial score (nSPS) is 19.1. The zero-order valence-corrected chi connectivity index (χ0v) is 22.5. The van der Waals surface area contributed by atoms with Crippen molar-refractivity contribution in [1.82, 2.24) is 9.88 Å². The summed E-state index contributed by atoms with van der Waals surface area (Å²) in [5.74, 6) is 0.874. The molecule has 2 heterocycles. The number of carboxylic acid groups (broad SMARTS) is 1. The molecule has 0 amide bonds. The summed E-state index contributed by atoms with van der Waals surface area (Å²) >= 11 is 8.16. The molecule has 0 aliphatic carbocycles. The number of likely N-dealkylation sites (tertiary alicyclic amines) is 1. The Kier molecular flexibility index (Phi) is 9.65. The molecular weight excluding hydrogens is 513 g/mol. The van der Waals surface area contributed by atoms with E-state index in [1.54, 1.807) is 37.2 Å². The van der Waals surface area contributed by atoms with Gasteiger partial charge in [-0.05, 0) is 79.6 Å². The fourth-order valence-electron chi connectivity index (χ4n) is 5.25. The van der Waals surface area contributed by atoms with E-state index in [1.165, 1.54) is 6.07 Å². The molecule has 1 aromatic heterocycles. The van der Waals surface area contributed by atoms with Gasteiger partial charge in [-0.25, -0.2) is 4.39 Å². The molecule has 3 N–H and O–H groups in total. The van der Waals surface area contributed by atoms with E-state index >= 15 is 0 Å². The predicted octanol–water partition coefficient (Wildman–Crippen LogP) is 6.02. The highest BCUT2D eigenvalue weighted by Crippen LogP contribution is 2.36. The van der Waals surface area contributed by atoms with Crippen molar-refractivity contribution in [1.29, 1.82) is 0 Å². The number of hydrogen-bond acceptors (Lipinski definition) is 6. The van der Waals surface area contributed by atoms with Crippen molar-refractivity contribution >= 4 is 40.2 Å². The summed E-state index contributed by atoms with van der Waals surface area (Å²) in [5, 5.41) is 11.0. The quantitative estimate of drug-likeness (QED) is 0.285. The second kappa shape index (κ2) is 12.9. The number of ether oxygens (including phenoxy) is 1. The molecule has 3 aromatic rings. The van der Waals surface area contributed by atoms with Crippen LogP contribution in [0.3, 0.4) is 0 Å². The minimum Gasteiger partial charge on any atom is -0.497 e. The van der Waals surface area contributed by atoms with E-state index in [2.05, 4.69) is 9.88 Å². The van der Waals surface area contributed by atoms with Crippen LogP contribution in [-0.2, 0) is 4.79 Å². The van der Waals surface area contributed by atoms with E-state index < -0.39 is 5.97 Å². The number of aliphatic carboxylic acids is 1. The van der Waals surface area contributed by atoms with Crippen molar-refractivity contribution in [3.63, 3.8) is 0 Å². The van der Waals surface area contributed by atoms with Crippen molar-refractivity contribution < 1.29 is 19.0 Å². The number of benzene rings is 2. The van der Waals surface area contributed by atoms with Gasteiger partial charge in [-0.2, -0.15) is 0 Å². The molecule has 9 heteroatoms. The first-order valence-electron chi connectivity index (χ1n) is 12.5. The van der Waals surface area contributed by atoms with Crippen LogP contribution in [0.1, 0.15) is 37.3 Å². The van der Waals surface area contributed by atoms with Gasteiger partial charge in [0.05, 0.1) is 17.6 Å². The lowest BCUT2D eigenvalue weighted by atomic mass is 9.79. The van der Waals surface area contributed by atoms with Crippen LogP contribution in [0.5, 0.6) is 5.75 Å². The molecule has 3 atom stereocenters. The summed E-state index contributed by atoms with van der Waals surface area (Å²) in [6.45, 7) is 2.49. The van der Waals surface area contributed by atoms with Gasteiger partial charge in [-0.3, -0.25) is 9.78 Å². The first-order chi connectivity index (χ1) is 17.8. The number of piperidine rings is 1. The highest BCUT2D eigenvalue weighted by molar-refractivity contribution is 7.99. The van der Waals surface area contributed by atoms with E-state index in [0.717, 1.165) is 65.3 Å². The molecule has 198 valence electrons. The second-order valence-corrected chi connectivity index (χ2v) is 11.2. The molecule has 6 nitrogen and oxygen atoms in total. The van der Waals surface area contributed by atoms with Gasteiger partial charge in [0, 0.05) is 47.8 Å². The van der Waals surface area contributed by atoms with Gasteiger partial charge in [0.15, 0.2) is 0 Å². The number of pyridine rings is 1. The van der Waals surface area contributed by atoms with Crippen LogP contribution in [0.4, 0.5) is 4.39 Å². The Labute approximate surface area is 226 Å². The average molecular weight is 546 g/mol. The minimum absolute atomic E-state index is 0.0577. The van der Waals surface area contributed by atoms with Crippen LogP contribution in [0, 0.1) is 17.7 Å². The fourth-order valence-corrected chi connectivity index (χ4v) is 6.50. The molecule has 0 spiro atoms. The Morgan fingerprint density at radius 3 is 2.92 bits per heavy atom. The van der Waals surface area contributed by atoms with E-state index in [1.807, 2.05) is 24.3 Å². The molecule has 1 saturated heterocycles. The molecule has 4 rings (SSSR count). The van der Waals surface area contributed by atoms with Gasteiger partial charge < -0.3 is 20.5 Å². The summed E-state index contributed by atoms with van der Waals surface area (Å²) in [6, 6.07) is 12.0. The smallest absolute Gasteiger partial charge is 0.303 e. The van der Waals surface area contributed by atoms with Gasteiger partial charge in [0.1, 0.15) is 11.6 Å². The molecule has 0 radical (unpaired) electrons. The number of methoxy groups -OCH3 is 1. The summed E-state index contributed by atoms with van der Waals surface area (Å²) in [5.41, 5.74) is 8.33. The number of halogens is 2. The third-order valence-electron chi connectivity index (χ3n) is 7.17. The first kappa shape index (κ1) is 27.6. The molecule has 2 aromatic carbocycles. The maximum atomic E-state index is 13.4. The molecule has 0 unspecified atom stereocenters. The van der Waals surface area contributed by atoms with E-state index in [-0.39, 0.29) is 30.1 Å². The van der Waals surface area contributed by atoms with Crippen LogP contribution in [0.2, 0.25) is 5.02 Å². The second-order valence-electron chi connectivity index (χ2n) is 9.60. The monoisotopic (exact) mass is 545 g/mol. The van der Waals surface area contributed by atoms with E-state index in [9.17, 15) is 14.3 Å². The van der Waals surface area contributed by atoms with Crippen LogP contribution >= 0.6 is 23.4 Å². The zero-order valence-electron chi connectivity index (χ0n) is 20.9. The topological polar surface area (TPSA) is 88.7 Å². The maximum absolute atomic E-state index is 13.4. The van der Waals surface area contributed by atoms with Crippen molar-refractivity contribution in [2.45, 2.75) is 36.6 Å². The predicted molar refractivity (Wildman–Crippen MR) is 147 cm³/mol. The summed E-state index contributed by atoms with van der Waals surface area (Å²) < 4.78 is 18.8. The van der Waals surface area contributed by atoms with Crippen LogP contribution in [0.25, 0.3) is 10.9 Å². The third-order valence-corrected chi connectivity index (χ3v) is 8.45. The number of carbonyl (C=O) groups is 1. The highest BCUT2D eigenvalue weighted by Gasteiger charge is 2.31. The Balaban J connectivity index is 1.37. The largest absolute Gasteiger partial charge is 0.497 e. The maximum Gasteiger partial charge on any atom is 0.303 e. The molecule has 0 bridgehead atoms. The fraction of sp³-hybridized carbons (Fsp3) is 0.429. The molecule has 37 heavy (non-hydrogen) atoms. The Morgan fingerprint density at radius 2 is 2.16 bits per heavy atom. The number of rotatable bonds is 11. The molecule has 1 fully saturated rings. The standard InChI is InChI=1S/C28H33ClFN3O3S/c1-36-21-6-8-26-23(15-21)28(24(29)16-32-26)25(31)7-5-18-9-10-33(17-19(18)13-27(34)35)11-12-37-22-4-2-3-20(30)14-22/h2-4,6,8,14-16,18-19,25H,5,7,9-13,17,31H2,1H3,(H,34,35)/t18-,19-,25+/m1/s1. The Morgan fingerprint density at radius 1 is 1.32 bits per heavy atom. The number of nitrogens with zero attached hydrogens (tertiary/aromatic N) is 2. The zero-order chi connectivity index (χ0) is 26.4. The average Bonchev–Trinajstić information content (AvgIpc) is 2.87. The van der Waals surface area contributed by atoms with E-state index in [0.29, 0.717) is 11.4 Å². The molecule has 1 aliphatic rings. The van der Waals surface area contributed by atoms with Gasteiger partial charge in [0.25, 0.3) is 0 Å². The van der Waals surface area contributed by atoms with Crippen molar-refractivity contribution in [2.24, 2.45) is 17.6 Å². The number of carboxylic acids is 1. The van der Waals surface area contributed by atoms with Crippen molar-refractivity contribution in [3.8, 4) is 5.75 Å². The number of aromatic nitrogens is 1. The summed E-state index contributed by atoms with van der Waals surface area (Å²) in [4.78, 5) is 19.3. The highest BCUT2D eigenvalue weighted by atomic mass is 35.5. The molecular formula is C28H33ClFN3O3S. The summed E-state index contributed by atoms with van der Waals surface area (Å²) in [6.07, 6.45) is 4.23. The lowest BCUT2D eigenvalue weighted by molar-refractivity contribution is -0.139. The van der Waals surface area contributed by atoms with Gasteiger partial charge in [-0.15, -0.1) is 11.8 Å². The van der Waals surface area contributed by atoms with Crippen LogP contribution < -0.4 is 10.5 Å². The van der Waals surface area contributed by atoms with Crippen molar-refractivity contribution in [2.75, 3.05) is 32.5 Å². The number of nitrogens with two attached hydrogens (primary N) is 1. The van der Waals surface area contributed by atoms with Crippen LogP contribution in [-0.4, -0.2) is 53.5 Å². The first-order valence-corrected chi connectivity index (χ1v) is 13.9. The number of fused-ring (bicyclic) bond motifs is 1. The third kappa shape index (κ3) is 7.35. The number of thioether (sulfide) groups is 1. The minimum atomic E-state index is -0.773. The Hall–Kier alpha value is -2.39. The van der Waals surface area contributed by atoms with Gasteiger partial charge in [0.2, 0.25) is 0 Å². The van der Waals surface area contributed by atoms with Gasteiger partial charge in [-0.1, -0.05) is 17.7 Å². The molecule has 0 saturated carbocycles. The lowest BCUT2D eigenvalue weighted by Crippen LogP contribution is -2.42. The lowest BCUT2D eigenvalue weighted by Gasteiger charge is -2.38. The van der Waals surface area contributed by atoms with E-state index in [4.69, 9.17) is 22.1 Å². The Bertz CT molecular complexity index is 1230. The van der Waals surface area contributed by atoms with Gasteiger partial charge >= 0.3 is 5.97 Å². The van der Waals surface area contributed by atoms with Crippen LogP contribution in [0.15, 0.2) is 53.6 Å².